The summed E-state index contributed by atoms with van der Waals surface area (Å²) in [6.07, 6.45) is 5.13. The number of hydrogen-bond donors (Lipinski definition) is 1. The first-order chi connectivity index (χ1) is 17.1. The van der Waals surface area contributed by atoms with E-state index in [-0.39, 0.29) is 18.5 Å². The highest BCUT2D eigenvalue weighted by Gasteiger charge is 2.33. The molecule has 2 amide bonds. The Hall–Kier alpha value is -2.62. The molecule has 1 saturated carbocycles. The second-order valence-corrected chi connectivity index (χ2v) is 11.7. The second-order valence-electron chi connectivity index (χ2n) is 9.26. The van der Waals surface area contributed by atoms with Gasteiger partial charge in [-0.1, -0.05) is 67.3 Å². The lowest BCUT2D eigenvalue weighted by atomic mass is 9.95. The maximum Gasteiger partial charge on any atom is 0.304 e. The average Bonchev–Trinajstić information content (AvgIpc) is 2.87. The van der Waals surface area contributed by atoms with Crippen LogP contribution in [0.2, 0.25) is 5.02 Å². The first kappa shape index (κ1) is 28.0. The maximum absolute atomic E-state index is 13.7. The highest BCUT2D eigenvalue weighted by atomic mass is 35.5. The summed E-state index contributed by atoms with van der Waals surface area (Å²) in [4.78, 5) is 28.3. The Labute approximate surface area is 219 Å². The van der Waals surface area contributed by atoms with Gasteiger partial charge in [-0.2, -0.15) is 12.7 Å². The molecular formula is C26H35ClN4O4S. The second kappa shape index (κ2) is 12.6. The van der Waals surface area contributed by atoms with Crippen molar-refractivity contribution in [3.8, 4) is 0 Å². The Bertz CT molecular complexity index is 1140. The van der Waals surface area contributed by atoms with Crippen molar-refractivity contribution in [3.63, 3.8) is 0 Å². The van der Waals surface area contributed by atoms with Crippen molar-refractivity contribution < 1.29 is 18.0 Å². The van der Waals surface area contributed by atoms with Gasteiger partial charge in [0.1, 0.15) is 12.6 Å². The Morgan fingerprint density at radius 1 is 1.00 bits per heavy atom. The molecule has 1 aliphatic carbocycles. The summed E-state index contributed by atoms with van der Waals surface area (Å²) >= 11 is 6.38. The fourth-order valence-electron chi connectivity index (χ4n) is 4.27. The number of nitrogens with one attached hydrogen (secondary N) is 1. The largest absolute Gasteiger partial charge is 0.352 e. The normalized spacial score (nSPS) is 15.4. The summed E-state index contributed by atoms with van der Waals surface area (Å²) in [6.45, 7) is 1.28. The third-order valence-corrected chi connectivity index (χ3v) is 8.67. The van der Waals surface area contributed by atoms with Crippen LogP contribution < -0.4 is 9.62 Å². The van der Waals surface area contributed by atoms with Crippen LogP contribution in [0.4, 0.5) is 5.69 Å². The van der Waals surface area contributed by atoms with E-state index in [2.05, 4.69) is 5.32 Å². The number of halogens is 1. The van der Waals surface area contributed by atoms with Crippen LogP contribution in [0.15, 0.2) is 54.6 Å². The van der Waals surface area contributed by atoms with Gasteiger partial charge in [-0.3, -0.25) is 9.59 Å². The number of carbonyl (C=O) groups is 2. The number of rotatable bonds is 10. The van der Waals surface area contributed by atoms with E-state index in [0.717, 1.165) is 40.7 Å². The van der Waals surface area contributed by atoms with Crippen molar-refractivity contribution in [2.24, 2.45) is 0 Å². The lowest BCUT2D eigenvalue weighted by Crippen LogP contribution is -2.53. The lowest BCUT2D eigenvalue weighted by Gasteiger charge is -2.34. The van der Waals surface area contributed by atoms with Crippen molar-refractivity contribution >= 4 is 39.3 Å². The number of nitrogens with zero attached hydrogens (tertiary/aromatic N) is 3. The van der Waals surface area contributed by atoms with E-state index in [0.29, 0.717) is 16.3 Å². The van der Waals surface area contributed by atoms with Crippen LogP contribution in [-0.4, -0.2) is 62.2 Å². The van der Waals surface area contributed by atoms with E-state index >= 15 is 0 Å². The fourth-order valence-corrected chi connectivity index (χ4v) is 5.52. The fraction of sp³-hybridized carbons (Fsp3) is 0.462. The van der Waals surface area contributed by atoms with E-state index < -0.39 is 28.7 Å². The lowest BCUT2D eigenvalue weighted by molar-refractivity contribution is -0.139. The highest BCUT2D eigenvalue weighted by Crippen LogP contribution is 2.23. The maximum atomic E-state index is 13.7. The summed E-state index contributed by atoms with van der Waals surface area (Å²) in [7, 11) is -1.15. The molecule has 0 spiro atoms. The van der Waals surface area contributed by atoms with Crippen LogP contribution in [0.1, 0.15) is 44.6 Å². The summed E-state index contributed by atoms with van der Waals surface area (Å²) in [5.41, 5.74) is 1.03. The minimum Gasteiger partial charge on any atom is -0.352 e. The van der Waals surface area contributed by atoms with Gasteiger partial charge in [0.2, 0.25) is 11.8 Å². The number of carbonyl (C=O) groups excluding carboxylic acids is 2. The zero-order valence-electron chi connectivity index (χ0n) is 21.1. The third kappa shape index (κ3) is 6.99. The molecule has 3 rings (SSSR count). The molecule has 0 aromatic heterocycles. The number of para-hydroxylation sites is 1. The molecule has 196 valence electrons. The van der Waals surface area contributed by atoms with Crippen LogP contribution in [-0.2, 0) is 26.3 Å². The number of amides is 2. The molecular weight excluding hydrogens is 500 g/mol. The van der Waals surface area contributed by atoms with E-state index in [1.54, 1.807) is 55.5 Å². The Morgan fingerprint density at radius 2 is 1.61 bits per heavy atom. The Balaban J connectivity index is 1.90. The summed E-state index contributed by atoms with van der Waals surface area (Å²) < 4.78 is 28.4. The molecule has 1 N–H and O–H groups in total. The number of benzene rings is 2. The van der Waals surface area contributed by atoms with Crippen molar-refractivity contribution in [3.05, 3.63) is 65.2 Å². The van der Waals surface area contributed by atoms with E-state index in [1.165, 1.54) is 19.0 Å². The van der Waals surface area contributed by atoms with Gasteiger partial charge in [0, 0.05) is 31.7 Å². The number of hydrogen-bond acceptors (Lipinski definition) is 4. The number of anilines is 1. The molecule has 0 aliphatic heterocycles. The van der Waals surface area contributed by atoms with Crippen molar-refractivity contribution in [2.45, 2.75) is 57.7 Å². The molecule has 0 bridgehead atoms. The van der Waals surface area contributed by atoms with Gasteiger partial charge in [0.15, 0.2) is 0 Å². The van der Waals surface area contributed by atoms with E-state index in [9.17, 15) is 18.0 Å². The van der Waals surface area contributed by atoms with Crippen molar-refractivity contribution in [1.29, 1.82) is 0 Å². The predicted octanol–water partition coefficient (Wildman–Crippen LogP) is 3.82. The van der Waals surface area contributed by atoms with Gasteiger partial charge >= 0.3 is 10.2 Å². The summed E-state index contributed by atoms with van der Waals surface area (Å²) in [6, 6.07) is 14.8. The monoisotopic (exact) mass is 534 g/mol. The van der Waals surface area contributed by atoms with Crippen LogP contribution >= 0.6 is 11.6 Å². The van der Waals surface area contributed by atoms with Crippen molar-refractivity contribution in [1.82, 2.24) is 14.5 Å². The van der Waals surface area contributed by atoms with Crippen LogP contribution in [0.5, 0.6) is 0 Å². The zero-order valence-corrected chi connectivity index (χ0v) is 22.6. The molecule has 2 aromatic carbocycles. The Morgan fingerprint density at radius 3 is 2.22 bits per heavy atom. The van der Waals surface area contributed by atoms with Crippen LogP contribution in [0.3, 0.4) is 0 Å². The predicted molar refractivity (Wildman–Crippen MR) is 143 cm³/mol. The molecule has 1 fully saturated rings. The topological polar surface area (TPSA) is 90.0 Å². The standard InChI is InChI=1S/C26H35ClN4O4S/c1-20(26(33)28-22-13-6-4-7-14-22)30(18-21-12-10-11-17-24(21)27)25(32)19-31(36(34,35)29(2)3)23-15-8-5-9-16-23/h5,8-12,15-17,20,22H,4,6-7,13-14,18-19H2,1-3H3,(H,28,33). The molecule has 1 unspecified atom stereocenters. The first-order valence-corrected chi connectivity index (χ1v) is 14.0. The molecule has 0 heterocycles. The van der Waals surface area contributed by atoms with Crippen molar-refractivity contribution in [2.75, 3.05) is 24.9 Å². The zero-order chi connectivity index (χ0) is 26.3. The van der Waals surface area contributed by atoms with Gasteiger partial charge in [-0.05, 0) is 43.5 Å². The Kier molecular flexibility index (Phi) is 9.76. The molecule has 1 atom stereocenters. The molecule has 36 heavy (non-hydrogen) atoms. The molecule has 1 aliphatic rings. The molecule has 2 aromatic rings. The highest BCUT2D eigenvalue weighted by molar-refractivity contribution is 7.90. The SMILES string of the molecule is CC(C(=O)NC1CCCCC1)N(Cc1ccccc1Cl)C(=O)CN(c1ccccc1)S(=O)(=O)N(C)C. The van der Waals surface area contributed by atoms with Gasteiger partial charge in [0.25, 0.3) is 0 Å². The van der Waals surface area contributed by atoms with Gasteiger partial charge in [-0.15, -0.1) is 0 Å². The first-order valence-electron chi connectivity index (χ1n) is 12.2. The quantitative estimate of drug-likeness (QED) is 0.502. The van der Waals surface area contributed by atoms with E-state index in [4.69, 9.17) is 11.6 Å². The van der Waals surface area contributed by atoms with Gasteiger partial charge < -0.3 is 10.2 Å². The third-order valence-electron chi connectivity index (χ3n) is 6.48. The van der Waals surface area contributed by atoms with Gasteiger partial charge in [-0.25, -0.2) is 4.31 Å². The van der Waals surface area contributed by atoms with Crippen LogP contribution in [0.25, 0.3) is 0 Å². The molecule has 10 heteroatoms. The summed E-state index contributed by atoms with van der Waals surface area (Å²) in [5.74, 6) is -0.764. The van der Waals surface area contributed by atoms with Gasteiger partial charge in [0.05, 0.1) is 5.69 Å². The molecule has 0 radical (unpaired) electrons. The smallest absolute Gasteiger partial charge is 0.304 e. The average molecular weight is 535 g/mol. The molecule has 0 saturated heterocycles. The van der Waals surface area contributed by atoms with Crippen LogP contribution in [0, 0.1) is 0 Å². The summed E-state index contributed by atoms with van der Waals surface area (Å²) in [5, 5.41) is 3.55. The minimum absolute atomic E-state index is 0.0718. The minimum atomic E-state index is -3.98. The molecule has 8 nitrogen and oxygen atoms in total. The van der Waals surface area contributed by atoms with E-state index in [1.807, 2.05) is 6.07 Å².